The van der Waals surface area contributed by atoms with Crippen molar-refractivity contribution in [1.82, 2.24) is 9.97 Å². The first kappa shape index (κ1) is 16.7. The fraction of sp³-hybridized carbons (Fsp3) is 0.353. The highest BCUT2D eigenvalue weighted by Gasteiger charge is 2.13. The molecule has 2 rings (SSSR count). The molecule has 23 heavy (non-hydrogen) atoms. The normalized spacial score (nSPS) is 10.3. The molecule has 0 aliphatic rings. The third-order valence-electron chi connectivity index (χ3n) is 3.24. The molecular weight excluding hydrogens is 294 g/mol. The zero-order valence-corrected chi connectivity index (χ0v) is 13.8. The van der Waals surface area contributed by atoms with Crippen molar-refractivity contribution in [1.29, 1.82) is 0 Å². The summed E-state index contributed by atoms with van der Waals surface area (Å²) in [5.74, 6) is 0.436. The molecule has 2 aromatic rings. The maximum Gasteiger partial charge on any atom is 0.316 e. The number of carbonyl (C=O) groups is 1. The van der Waals surface area contributed by atoms with Gasteiger partial charge in [-0.05, 0) is 39.3 Å². The fourth-order valence-corrected chi connectivity index (χ4v) is 2.10. The SMILES string of the molecule is CCOc1nc(C)c(NC(=O)COc2ccccc2C)c(C)n1. The molecule has 0 aliphatic carbocycles. The molecule has 0 unspecified atom stereocenters. The summed E-state index contributed by atoms with van der Waals surface area (Å²) in [7, 11) is 0. The van der Waals surface area contributed by atoms with E-state index in [-0.39, 0.29) is 12.5 Å². The minimum atomic E-state index is -0.257. The van der Waals surface area contributed by atoms with Crippen molar-refractivity contribution in [3.05, 3.63) is 41.2 Å². The first-order valence-electron chi connectivity index (χ1n) is 7.47. The van der Waals surface area contributed by atoms with Crippen molar-refractivity contribution >= 4 is 11.6 Å². The van der Waals surface area contributed by atoms with E-state index >= 15 is 0 Å². The van der Waals surface area contributed by atoms with Crippen LogP contribution in [0.5, 0.6) is 11.8 Å². The van der Waals surface area contributed by atoms with E-state index in [0.29, 0.717) is 35.4 Å². The van der Waals surface area contributed by atoms with Crippen molar-refractivity contribution in [2.24, 2.45) is 0 Å². The molecule has 0 aliphatic heterocycles. The number of rotatable bonds is 6. The predicted octanol–water partition coefficient (Wildman–Crippen LogP) is 2.82. The molecule has 1 aromatic carbocycles. The highest BCUT2D eigenvalue weighted by molar-refractivity contribution is 5.92. The number of aromatic nitrogens is 2. The van der Waals surface area contributed by atoms with Crippen LogP contribution in [-0.2, 0) is 4.79 Å². The number of amides is 1. The number of aryl methyl sites for hydroxylation is 3. The minimum Gasteiger partial charge on any atom is -0.483 e. The Kier molecular flexibility index (Phi) is 5.51. The van der Waals surface area contributed by atoms with Gasteiger partial charge >= 0.3 is 6.01 Å². The lowest BCUT2D eigenvalue weighted by Crippen LogP contribution is -2.22. The maximum absolute atomic E-state index is 12.1. The average molecular weight is 315 g/mol. The molecule has 122 valence electrons. The van der Waals surface area contributed by atoms with Gasteiger partial charge in [0.05, 0.1) is 23.7 Å². The standard InChI is InChI=1S/C17H21N3O3/c1-5-22-17-18-12(3)16(13(4)19-17)20-15(21)10-23-14-9-7-6-8-11(14)2/h6-9H,5,10H2,1-4H3,(H,20,21). The lowest BCUT2D eigenvalue weighted by molar-refractivity contribution is -0.118. The number of nitrogens with one attached hydrogen (secondary N) is 1. The van der Waals surface area contributed by atoms with E-state index in [1.807, 2.05) is 38.1 Å². The van der Waals surface area contributed by atoms with Gasteiger partial charge in [-0.15, -0.1) is 0 Å². The Labute approximate surface area is 135 Å². The summed E-state index contributed by atoms with van der Waals surface area (Å²) in [4.78, 5) is 20.5. The molecule has 0 radical (unpaired) electrons. The second-order valence-electron chi connectivity index (χ2n) is 5.09. The van der Waals surface area contributed by atoms with Crippen LogP contribution in [-0.4, -0.2) is 29.1 Å². The van der Waals surface area contributed by atoms with Crippen molar-refractivity contribution in [2.45, 2.75) is 27.7 Å². The Balaban J connectivity index is 2.01. The summed E-state index contributed by atoms with van der Waals surface area (Å²) < 4.78 is 10.8. The van der Waals surface area contributed by atoms with Gasteiger partial charge in [-0.1, -0.05) is 18.2 Å². The van der Waals surface area contributed by atoms with Crippen molar-refractivity contribution < 1.29 is 14.3 Å². The number of para-hydroxylation sites is 1. The Morgan fingerprint density at radius 2 is 1.74 bits per heavy atom. The lowest BCUT2D eigenvalue weighted by atomic mass is 10.2. The lowest BCUT2D eigenvalue weighted by Gasteiger charge is -2.13. The second-order valence-corrected chi connectivity index (χ2v) is 5.09. The third kappa shape index (κ3) is 4.42. The molecule has 0 bridgehead atoms. The maximum atomic E-state index is 12.1. The van der Waals surface area contributed by atoms with Crippen LogP contribution < -0.4 is 14.8 Å². The van der Waals surface area contributed by atoms with Gasteiger partial charge in [0.15, 0.2) is 6.61 Å². The highest BCUT2D eigenvalue weighted by Crippen LogP contribution is 2.20. The van der Waals surface area contributed by atoms with Gasteiger partial charge in [0.25, 0.3) is 5.91 Å². The molecule has 0 spiro atoms. The van der Waals surface area contributed by atoms with Crippen LogP contribution in [0.3, 0.4) is 0 Å². The molecule has 0 saturated carbocycles. The monoisotopic (exact) mass is 315 g/mol. The van der Waals surface area contributed by atoms with Gasteiger partial charge in [-0.2, -0.15) is 9.97 Å². The Morgan fingerprint density at radius 1 is 1.09 bits per heavy atom. The van der Waals surface area contributed by atoms with Crippen molar-refractivity contribution in [2.75, 3.05) is 18.5 Å². The largest absolute Gasteiger partial charge is 0.483 e. The van der Waals surface area contributed by atoms with E-state index in [0.717, 1.165) is 5.56 Å². The van der Waals surface area contributed by atoms with Gasteiger partial charge < -0.3 is 14.8 Å². The number of benzene rings is 1. The van der Waals surface area contributed by atoms with Crippen molar-refractivity contribution in [3.8, 4) is 11.8 Å². The van der Waals surface area contributed by atoms with E-state index in [1.54, 1.807) is 13.8 Å². The number of hydrogen-bond donors (Lipinski definition) is 1. The molecule has 0 saturated heterocycles. The molecule has 0 fully saturated rings. The summed E-state index contributed by atoms with van der Waals surface area (Å²) in [6.07, 6.45) is 0. The van der Waals surface area contributed by atoms with Crippen LogP contribution in [0.25, 0.3) is 0 Å². The predicted molar refractivity (Wildman–Crippen MR) is 88.0 cm³/mol. The minimum absolute atomic E-state index is 0.0725. The number of carbonyl (C=O) groups excluding carboxylic acids is 1. The Bertz CT molecular complexity index is 678. The molecule has 1 N–H and O–H groups in total. The number of nitrogens with zero attached hydrogens (tertiary/aromatic N) is 2. The molecule has 6 heteroatoms. The van der Waals surface area contributed by atoms with E-state index in [9.17, 15) is 4.79 Å². The van der Waals surface area contributed by atoms with Crippen LogP contribution in [0.4, 0.5) is 5.69 Å². The first-order valence-corrected chi connectivity index (χ1v) is 7.47. The smallest absolute Gasteiger partial charge is 0.316 e. The topological polar surface area (TPSA) is 73.3 Å². The average Bonchev–Trinajstić information content (AvgIpc) is 2.50. The van der Waals surface area contributed by atoms with Gasteiger partial charge in [0, 0.05) is 0 Å². The summed E-state index contributed by atoms with van der Waals surface area (Å²) in [5.41, 5.74) is 2.89. The Morgan fingerprint density at radius 3 is 2.35 bits per heavy atom. The van der Waals surface area contributed by atoms with E-state index in [2.05, 4.69) is 15.3 Å². The zero-order valence-electron chi connectivity index (χ0n) is 13.8. The van der Waals surface area contributed by atoms with E-state index < -0.39 is 0 Å². The van der Waals surface area contributed by atoms with Gasteiger partial charge in [0.1, 0.15) is 5.75 Å². The van der Waals surface area contributed by atoms with Gasteiger partial charge in [0.2, 0.25) is 0 Å². The van der Waals surface area contributed by atoms with E-state index in [4.69, 9.17) is 9.47 Å². The number of hydrogen-bond acceptors (Lipinski definition) is 5. The molecule has 1 aromatic heterocycles. The third-order valence-corrected chi connectivity index (χ3v) is 3.24. The molecule has 1 heterocycles. The van der Waals surface area contributed by atoms with Crippen LogP contribution in [0, 0.1) is 20.8 Å². The zero-order chi connectivity index (χ0) is 16.8. The number of ether oxygens (including phenoxy) is 2. The van der Waals surface area contributed by atoms with Crippen LogP contribution >= 0.6 is 0 Å². The summed E-state index contributed by atoms with van der Waals surface area (Å²) >= 11 is 0. The van der Waals surface area contributed by atoms with Crippen LogP contribution in [0.2, 0.25) is 0 Å². The van der Waals surface area contributed by atoms with Gasteiger partial charge in [-0.3, -0.25) is 4.79 Å². The van der Waals surface area contributed by atoms with E-state index in [1.165, 1.54) is 0 Å². The number of anilines is 1. The summed E-state index contributed by atoms with van der Waals surface area (Å²) in [6.45, 7) is 7.82. The summed E-state index contributed by atoms with van der Waals surface area (Å²) in [5, 5.41) is 2.79. The van der Waals surface area contributed by atoms with Crippen LogP contribution in [0.15, 0.2) is 24.3 Å². The highest BCUT2D eigenvalue weighted by atomic mass is 16.5. The summed E-state index contributed by atoms with van der Waals surface area (Å²) in [6, 6.07) is 7.87. The molecule has 6 nitrogen and oxygen atoms in total. The first-order chi connectivity index (χ1) is 11.0. The van der Waals surface area contributed by atoms with Crippen LogP contribution in [0.1, 0.15) is 23.9 Å². The quantitative estimate of drug-likeness (QED) is 0.887. The molecular formula is C17H21N3O3. The second kappa shape index (κ2) is 7.58. The van der Waals surface area contributed by atoms with Crippen molar-refractivity contribution in [3.63, 3.8) is 0 Å². The molecule has 1 amide bonds. The van der Waals surface area contributed by atoms with Gasteiger partial charge in [-0.25, -0.2) is 0 Å². The fourth-order valence-electron chi connectivity index (χ4n) is 2.10. The molecule has 0 atom stereocenters. The Hall–Kier alpha value is -2.63.